The average molecular weight is 566 g/mol. The highest BCUT2D eigenvalue weighted by molar-refractivity contribution is 8.26. The molecule has 39 heavy (non-hydrogen) atoms. The zero-order chi connectivity index (χ0) is 28.1. The largest absolute Gasteiger partial charge is 0.481 e. The Morgan fingerprint density at radius 3 is 2.46 bits per heavy atom. The first-order valence-electron chi connectivity index (χ1n) is 12.9. The van der Waals surface area contributed by atoms with Crippen molar-refractivity contribution in [1.29, 1.82) is 5.26 Å². The number of nitriles is 1. The first-order valence-corrected chi connectivity index (χ1v) is 14.1. The van der Waals surface area contributed by atoms with Crippen molar-refractivity contribution >= 4 is 52.1 Å². The molecule has 9 nitrogen and oxygen atoms in total. The number of amides is 1. The van der Waals surface area contributed by atoms with E-state index in [0.717, 1.165) is 31.4 Å². The number of carbonyl (C=O) groups excluding carboxylic acids is 1. The van der Waals surface area contributed by atoms with Gasteiger partial charge in [0.25, 0.3) is 11.5 Å². The Bertz CT molecular complexity index is 1410. The van der Waals surface area contributed by atoms with Gasteiger partial charge in [-0.15, -0.1) is 0 Å². The first kappa shape index (κ1) is 28.5. The lowest BCUT2D eigenvalue weighted by atomic mass is 10.0. The number of benzene rings is 1. The second-order valence-corrected chi connectivity index (χ2v) is 11.2. The second-order valence-electron chi connectivity index (χ2n) is 9.53. The summed E-state index contributed by atoms with van der Waals surface area (Å²) >= 11 is 6.48. The molecular weight excluding hydrogens is 534 g/mol. The maximum atomic E-state index is 13.4. The molecule has 3 heterocycles. The van der Waals surface area contributed by atoms with Gasteiger partial charge < -0.3 is 10.0 Å². The molecule has 0 atom stereocenters. The van der Waals surface area contributed by atoms with E-state index < -0.39 is 5.97 Å². The molecule has 2 saturated heterocycles. The minimum absolute atomic E-state index is 0.00860. The number of aliphatic carboxylic acids is 1. The van der Waals surface area contributed by atoms with Crippen LogP contribution in [0.3, 0.4) is 0 Å². The van der Waals surface area contributed by atoms with Crippen molar-refractivity contribution in [3.05, 3.63) is 67.8 Å². The minimum Gasteiger partial charge on any atom is -0.481 e. The summed E-state index contributed by atoms with van der Waals surface area (Å²) in [5, 5.41) is 18.9. The summed E-state index contributed by atoms with van der Waals surface area (Å²) in [5.41, 5.74) is 2.14. The quantitative estimate of drug-likeness (QED) is 0.361. The number of piperazine rings is 1. The van der Waals surface area contributed by atoms with E-state index in [0.29, 0.717) is 52.2 Å². The van der Waals surface area contributed by atoms with Crippen molar-refractivity contribution in [2.45, 2.75) is 39.8 Å². The molecule has 11 heteroatoms. The number of carboxylic acids is 1. The van der Waals surface area contributed by atoms with Crippen LogP contribution in [0, 0.1) is 18.3 Å². The molecule has 0 saturated carbocycles. The number of anilines is 1. The van der Waals surface area contributed by atoms with Gasteiger partial charge in [0.2, 0.25) is 0 Å². The number of aromatic nitrogens is 1. The number of hydrogen-bond acceptors (Lipinski definition) is 8. The van der Waals surface area contributed by atoms with E-state index in [4.69, 9.17) is 17.3 Å². The predicted molar refractivity (Wildman–Crippen MR) is 157 cm³/mol. The number of nitrogens with zero attached hydrogens (tertiary/aromatic N) is 5. The monoisotopic (exact) mass is 565 g/mol. The molecule has 0 aliphatic carbocycles. The van der Waals surface area contributed by atoms with Crippen molar-refractivity contribution in [2.75, 3.05) is 37.6 Å². The maximum Gasteiger partial charge on any atom is 0.305 e. The molecule has 0 radical (unpaired) electrons. The Balaban J connectivity index is 1.71. The molecule has 2 aliphatic rings. The zero-order valence-electron chi connectivity index (χ0n) is 22.1. The molecule has 4 rings (SSSR count). The van der Waals surface area contributed by atoms with Gasteiger partial charge in [0, 0.05) is 51.4 Å². The van der Waals surface area contributed by atoms with Crippen molar-refractivity contribution < 1.29 is 14.7 Å². The third-order valence-corrected chi connectivity index (χ3v) is 8.29. The van der Waals surface area contributed by atoms with Gasteiger partial charge in [-0.3, -0.25) is 28.8 Å². The van der Waals surface area contributed by atoms with Gasteiger partial charge >= 0.3 is 5.97 Å². The molecule has 0 bridgehead atoms. The third-order valence-electron chi connectivity index (χ3n) is 6.91. The van der Waals surface area contributed by atoms with Gasteiger partial charge in [0.15, 0.2) is 0 Å². The molecule has 1 amide bonds. The standard InChI is InChI=1S/C28H31N5O4S2/c1-3-10-32-25(31-14-12-30(13-15-31)18-20-7-5-4-6-8-20)21(19(2)22(17-29)26(32)36)16-23-27(37)33(28(38)39-23)11-9-24(34)35/h4-8,16H,3,9-15,18H2,1-2H3,(H,34,35)/b23-16-. The predicted octanol–water partition coefficient (Wildman–Crippen LogP) is 3.44. The summed E-state index contributed by atoms with van der Waals surface area (Å²) in [5.74, 6) is -0.674. The van der Waals surface area contributed by atoms with Crippen molar-refractivity contribution in [3.8, 4) is 6.07 Å². The van der Waals surface area contributed by atoms with Crippen LogP contribution in [0.1, 0.15) is 42.0 Å². The summed E-state index contributed by atoms with van der Waals surface area (Å²) < 4.78 is 1.96. The molecule has 1 aromatic heterocycles. The van der Waals surface area contributed by atoms with Crippen LogP contribution in [0.15, 0.2) is 40.0 Å². The summed E-state index contributed by atoms with van der Waals surface area (Å²) in [6.07, 6.45) is 2.20. The SMILES string of the molecule is CCCn1c(N2CCN(Cc3ccccc3)CC2)c(/C=C2\SC(=S)N(CCC(=O)O)C2=O)c(C)c(C#N)c1=O. The van der Waals surface area contributed by atoms with E-state index in [2.05, 4.69) is 28.0 Å². The Hall–Kier alpha value is -3.46. The topological polar surface area (TPSA) is 110 Å². The summed E-state index contributed by atoms with van der Waals surface area (Å²) in [4.78, 5) is 43.8. The Morgan fingerprint density at radius 1 is 1.15 bits per heavy atom. The molecule has 2 aliphatic heterocycles. The normalized spacial score (nSPS) is 17.2. The van der Waals surface area contributed by atoms with Gasteiger partial charge in [0.05, 0.1) is 11.3 Å². The molecule has 0 unspecified atom stereocenters. The van der Waals surface area contributed by atoms with Crippen molar-refractivity contribution in [2.24, 2.45) is 0 Å². The van der Waals surface area contributed by atoms with Crippen LogP contribution >= 0.6 is 24.0 Å². The van der Waals surface area contributed by atoms with Crippen molar-refractivity contribution in [1.82, 2.24) is 14.4 Å². The lowest BCUT2D eigenvalue weighted by molar-refractivity contribution is -0.137. The number of thiocarbonyl (C=S) groups is 1. The highest BCUT2D eigenvalue weighted by atomic mass is 32.2. The number of hydrogen-bond donors (Lipinski definition) is 1. The highest BCUT2D eigenvalue weighted by Crippen LogP contribution is 2.36. The van der Waals surface area contributed by atoms with Crippen LogP contribution in [-0.2, 0) is 22.7 Å². The van der Waals surface area contributed by atoms with Crippen LogP contribution < -0.4 is 10.5 Å². The molecule has 1 aromatic carbocycles. The van der Waals surface area contributed by atoms with Gasteiger partial charge in [-0.25, -0.2) is 0 Å². The molecular formula is C28H31N5O4S2. The van der Waals surface area contributed by atoms with E-state index in [1.54, 1.807) is 17.6 Å². The Morgan fingerprint density at radius 2 is 1.85 bits per heavy atom. The van der Waals surface area contributed by atoms with E-state index in [1.165, 1.54) is 10.5 Å². The van der Waals surface area contributed by atoms with Crippen LogP contribution in [0.25, 0.3) is 6.08 Å². The fourth-order valence-electron chi connectivity index (χ4n) is 4.91. The van der Waals surface area contributed by atoms with Crippen LogP contribution in [0.5, 0.6) is 0 Å². The summed E-state index contributed by atoms with van der Waals surface area (Å²) in [6, 6.07) is 12.4. The molecule has 2 aromatic rings. The summed E-state index contributed by atoms with van der Waals surface area (Å²) in [7, 11) is 0. The average Bonchev–Trinajstić information content (AvgIpc) is 3.19. The van der Waals surface area contributed by atoms with Gasteiger partial charge in [0.1, 0.15) is 21.8 Å². The van der Waals surface area contributed by atoms with E-state index in [9.17, 15) is 19.6 Å². The molecule has 0 spiro atoms. The number of thioether (sulfide) groups is 1. The number of carboxylic acid groups (broad SMARTS) is 1. The first-order chi connectivity index (χ1) is 18.7. The lowest BCUT2D eigenvalue weighted by Crippen LogP contribution is -2.48. The molecule has 204 valence electrons. The highest BCUT2D eigenvalue weighted by Gasteiger charge is 2.34. The number of carbonyl (C=O) groups is 2. The van der Waals surface area contributed by atoms with Crippen molar-refractivity contribution in [3.63, 3.8) is 0 Å². The van der Waals surface area contributed by atoms with Gasteiger partial charge in [-0.1, -0.05) is 61.2 Å². The number of pyridine rings is 1. The van der Waals surface area contributed by atoms with E-state index >= 15 is 0 Å². The lowest BCUT2D eigenvalue weighted by Gasteiger charge is -2.38. The fraction of sp³-hybridized carbons (Fsp3) is 0.393. The Kier molecular flexibility index (Phi) is 9.22. The van der Waals surface area contributed by atoms with E-state index in [1.807, 2.05) is 25.1 Å². The Labute approximate surface area is 237 Å². The van der Waals surface area contributed by atoms with Gasteiger partial charge in [-0.05, 0) is 30.5 Å². The van der Waals surface area contributed by atoms with Gasteiger partial charge in [-0.2, -0.15) is 5.26 Å². The maximum absolute atomic E-state index is 13.4. The van der Waals surface area contributed by atoms with Crippen LogP contribution in [0.4, 0.5) is 5.82 Å². The number of rotatable bonds is 9. The smallest absolute Gasteiger partial charge is 0.305 e. The zero-order valence-corrected chi connectivity index (χ0v) is 23.7. The molecule has 1 N–H and O–H groups in total. The third kappa shape index (κ3) is 6.24. The van der Waals surface area contributed by atoms with E-state index in [-0.39, 0.29) is 30.0 Å². The second kappa shape index (κ2) is 12.6. The molecule has 2 fully saturated rings. The fourth-order valence-corrected chi connectivity index (χ4v) is 6.20. The van der Waals surface area contributed by atoms with Crippen LogP contribution in [-0.4, -0.2) is 68.4 Å². The summed E-state index contributed by atoms with van der Waals surface area (Å²) in [6.45, 7) is 7.95. The van der Waals surface area contributed by atoms with Crippen LogP contribution in [0.2, 0.25) is 0 Å². The minimum atomic E-state index is -1.01.